The van der Waals surface area contributed by atoms with Gasteiger partial charge in [0.2, 0.25) is 0 Å². The lowest BCUT2D eigenvalue weighted by atomic mass is 10.2. The third-order valence-electron chi connectivity index (χ3n) is 3.81. The minimum atomic E-state index is -0.209. The van der Waals surface area contributed by atoms with E-state index < -0.39 is 0 Å². The van der Waals surface area contributed by atoms with Crippen LogP contribution in [0, 0.1) is 0 Å². The van der Waals surface area contributed by atoms with Crippen LogP contribution in [0.4, 0.5) is 17.2 Å². The number of hydrogen-bond donors (Lipinski definition) is 2. The van der Waals surface area contributed by atoms with E-state index in [1.807, 2.05) is 43.3 Å². The van der Waals surface area contributed by atoms with Gasteiger partial charge in [0, 0.05) is 23.1 Å². The second-order valence-electron chi connectivity index (χ2n) is 5.69. The zero-order valence-corrected chi connectivity index (χ0v) is 15.2. The van der Waals surface area contributed by atoms with Crippen molar-refractivity contribution in [3.63, 3.8) is 0 Å². The first kappa shape index (κ1) is 18.3. The van der Waals surface area contributed by atoms with Crippen LogP contribution in [0.25, 0.3) is 0 Å². The highest BCUT2D eigenvalue weighted by atomic mass is 16.5. The lowest BCUT2D eigenvalue weighted by molar-refractivity contribution is 0.102. The Morgan fingerprint density at radius 2 is 1.63 bits per heavy atom. The van der Waals surface area contributed by atoms with Gasteiger partial charge in [0.25, 0.3) is 5.91 Å². The van der Waals surface area contributed by atoms with Gasteiger partial charge in [-0.25, -0.2) is 4.98 Å². The molecule has 1 heterocycles. The Hall–Kier alpha value is -3.54. The fourth-order valence-electron chi connectivity index (χ4n) is 2.47. The number of aromatic nitrogens is 1. The number of ether oxygens (including phenoxy) is 2. The number of carbonyl (C=O) groups excluding carboxylic acids is 1. The van der Waals surface area contributed by atoms with E-state index in [-0.39, 0.29) is 5.91 Å². The predicted molar refractivity (Wildman–Crippen MR) is 106 cm³/mol. The summed E-state index contributed by atoms with van der Waals surface area (Å²) >= 11 is 0. The number of anilines is 3. The highest BCUT2D eigenvalue weighted by Gasteiger charge is 2.08. The number of pyridine rings is 1. The van der Waals surface area contributed by atoms with Crippen LogP contribution in [0.2, 0.25) is 0 Å². The molecule has 0 spiro atoms. The van der Waals surface area contributed by atoms with Gasteiger partial charge in [0.15, 0.2) is 0 Å². The Bertz CT molecular complexity index is 893. The summed E-state index contributed by atoms with van der Waals surface area (Å²) < 4.78 is 10.5. The highest BCUT2D eigenvalue weighted by Crippen LogP contribution is 2.20. The fraction of sp³-hybridized carbons (Fsp3) is 0.143. The molecule has 0 unspecified atom stereocenters. The lowest BCUT2D eigenvalue weighted by Crippen LogP contribution is -2.12. The molecule has 0 fully saturated rings. The molecule has 1 aromatic heterocycles. The minimum Gasteiger partial charge on any atom is -0.497 e. The molecule has 0 saturated heterocycles. The molecule has 0 bridgehead atoms. The van der Waals surface area contributed by atoms with Crippen molar-refractivity contribution in [2.24, 2.45) is 0 Å². The molecule has 6 heteroatoms. The summed E-state index contributed by atoms with van der Waals surface area (Å²) in [4.78, 5) is 16.8. The van der Waals surface area contributed by atoms with E-state index in [0.717, 1.165) is 17.2 Å². The Morgan fingerprint density at radius 1 is 0.963 bits per heavy atom. The van der Waals surface area contributed by atoms with E-state index in [4.69, 9.17) is 9.47 Å². The molecule has 3 aromatic rings. The minimum absolute atomic E-state index is 0.209. The fourth-order valence-corrected chi connectivity index (χ4v) is 2.47. The summed E-state index contributed by atoms with van der Waals surface area (Å²) in [6.07, 6.45) is 1.60. The van der Waals surface area contributed by atoms with Crippen LogP contribution < -0.4 is 20.1 Å². The lowest BCUT2D eigenvalue weighted by Gasteiger charge is -2.09. The maximum absolute atomic E-state index is 12.5. The van der Waals surface area contributed by atoms with Gasteiger partial charge >= 0.3 is 0 Å². The van der Waals surface area contributed by atoms with Crippen molar-refractivity contribution in [1.82, 2.24) is 4.98 Å². The average molecular weight is 363 g/mol. The predicted octanol–water partition coefficient (Wildman–Crippen LogP) is 4.48. The van der Waals surface area contributed by atoms with Gasteiger partial charge in [-0.1, -0.05) is 0 Å². The highest BCUT2D eigenvalue weighted by molar-refractivity contribution is 6.04. The molecule has 138 valence electrons. The Balaban J connectivity index is 1.67. The molecule has 2 N–H and O–H groups in total. The van der Waals surface area contributed by atoms with Crippen molar-refractivity contribution < 1.29 is 14.3 Å². The van der Waals surface area contributed by atoms with Crippen molar-refractivity contribution >= 4 is 23.1 Å². The third kappa shape index (κ3) is 4.98. The van der Waals surface area contributed by atoms with Gasteiger partial charge in [0.05, 0.1) is 13.7 Å². The number of benzene rings is 2. The number of amides is 1. The van der Waals surface area contributed by atoms with Crippen LogP contribution in [0.3, 0.4) is 0 Å². The maximum atomic E-state index is 12.5. The van der Waals surface area contributed by atoms with Gasteiger partial charge in [-0.3, -0.25) is 4.79 Å². The van der Waals surface area contributed by atoms with Crippen LogP contribution >= 0.6 is 0 Å². The second kappa shape index (κ2) is 8.71. The molecule has 0 atom stereocenters. The van der Waals surface area contributed by atoms with E-state index in [2.05, 4.69) is 15.6 Å². The Kier molecular flexibility index (Phi) is 5.89. The summed E-state index contributed by atoms with van der Waals surface area (Å²) in [5.41, 5.74) is 2.06. The topological polar surface area (TPSA) is 72.5 Å². The van der Waals surface area contributed by atoms with Crippen LogP contribution in [-0.4, -0.2) is 24.6 Å². The maximum Gasteiger partial charge on any atom is 0.255 e. The van der Waals surface area contributed by atoms with Crippen LogP contribution in [0.1, 0.15) is 17.3 Å². The average Bonchev–Trinajstić information content (AvgIpc) is 2.70. The second-order valence-corrected chi connectivity index (χ2v) is 5.69. The number of hydrogen-bond acceptors (Lipinski definition) is 5. The van der Waals surface area contributed by atoms with Crippen LogP contribution in [-0.2, 0) is 0 Å². The zero-order valence-electron chi connectivity index (χ0n) is 15.2. The van der Waals surface area contributed by atoms with Crippen LogP contribution in [0.15, 0.2) is 66.9 Å². The van der Waals surface area contributed by atoms with Crippen molar-refractivity contribution in [2.45, 2.75) is 6.92 Å². The van der Waals surface area contributed by atoms with Crippen molar-refractivity contribution in [3.05, 3.63) is 72.4 Å². The molecule has 3 rings (SSSR count). The normalized spacial score (nSPS) is 10.1. The van der Waals surface area contributed by atoms with E-state index in [9.17, 15) is 4.79 Å². The molecular formula is C21H21N3O3. The summed E-state index contributed by atoms with van der Waals surface area (Å²) in [6.45, 7) is 2.53. The van der Waals surface area contributed by atoms with Gasteiger partial charge in [-0.05, 0) is 67.6 Å². The molecule has 27 heavy (non-hydrogen) atoms. The van der Waals surface area contributed by atoms with E-state index in [0.29, 0.717) is 23.7 Å². The van der Waals surface area contributed by atoms with Gasteiger partial charge in [-0.2, -0.15) is 0 Å². The smallest absolute Gasteiger partial charge is 0.255 e. The zero-order chi connectivity index (χ0) is 19.1. The molecule has 0 aliphatic heterocycles. The number of methoxy groups -OCH3 is 1. The molecule has 0 saturated carbocycles. The van der Waals surface area contributed by atoms with Crippen LogP contribution in [0.5, 0.6) is 11.5 Å². The molecule has 0 radical (unpaired) electrons. The number of nitrogens with zero attached hydrogens (tertiary/aromatic N) is 1. The van der Waals surface area contributed by atoms with E-state index >= 15 is 0 Å². The first-order valence-electron chi connectivity index (χ1n) is 8.59. The van der Waals surface area contributed by atoms with E-state index in [1.165, 1.54) is 0 Å². The van der Waals surface area contributed by atoms with Gasteiger partial charge < -0.3 is 20.1 Å². The molecule has 2 aromatic carbocycles. The SMILES string of the molecule is CCOc1ccc(NC(=O)c2ccnc(Nc3ccc(OC)cc3)c2)cc1. The first-order valence-corrected chi connectivity index (χ1v) is 8.59. The van der Waals surface area contributed by atoms with E-state index in [1.54, 1.807) is 37.6 Å². The standard InChI is InChI=1S/C21H21N3O3/c1-3-27-19-10-6-17(7-11-19)24-21(25)15-12-13-22-20(14-15)23-16-4-8-18(26-2)9-5-16/h4-14H,3H2,1-2H3,(H,22,23)(H,24,25). The first-order chi connectivity index (χ1) is 13.2. The van der Waals surface area contributed by atoms with Crippen molar-refractivity contribution in [3.8, 4) is 11.5 Å². The van der Waals surface area contributed by atoms with Crippen molar-refractivity contribution in [2.75, 3.05) is 24.4 Å². The molecule has 0 aliphatic carbocycles. The number of carbonyl (C=O) groups is 1. The van der Waals surface area contributed by atoms with Gasteiger partial charge in [0.1, 0.15) is 17.3 Å². The number of rotatable bonds is 7. The summed E-state index contributed by atoms with van der Waals surface area (Å²) in [7, 11) is 1.62. The Morgan fingerprint density at radius 3 is 2.30 bits per heavy atom. The van der Waals surface area contributed by atoms with Crippen molar-refractivity contribution in [1.29, 1.82) is 0 Å². The summed E-state index contributed by atoms with van der Waals surface area (Å²) in [6, 6.07) is 18.1. The largest absolute Gasteiger partial charge is 0.497 e. The third-order valence-corrected chi connectivity index (χ3v) is 3.81. The van der Waals surface area contributed by atoms with Gasteiger partial charge in [-0.15, -0.1) is 0 Å². The molecular weight excluding hydrogens is 342 g/mol. The molecule has 1 amide bonds. The summed E-state index contributed by atoms with van der Waals surface area (Å²) in [5, 5.41) is 6.04. The monoisotopic (exact) mass is 363 g/mol. The Labute approximate surface area is 158 Å². The molecule has 6 nitrogen and oxygen atoms in total. The summed E-state index contributed by atoms with van der Waals surface area (Å²) in [5.74, 6) is 1.92. The number of nitrogens with one attached hydrogen (secondary N) is 2. The molecule has 0 aliphatic rings. The quantitative estimate of drug-likeness (QED) is 0.647.